The zero-order valence-corrected chi connectivity index (χ0v) is 19.3. The van der Waals surface area contributed by atoms with E-state index in [1.165, 1.54) is 23.9 Å². The molecule has 0 fully saturated rings. The molecule has 0 spiro atoms. The highest BCUT2D eigenvalue weighted by Crippen LogP contribution is 2.33. The van der Waals surface area contributed by atoms with Crippen molar-refractivity contribution >= 4 is 85.4 Å². The molecule has 0 aliphatic heterocycles. The first-order valence-electron chi connectivity index (χ1n) is 7.63. The minimum atomic E-state index is -0.230. The van der Waals surface area contributed by atoms with Crippen LogP contribution in [0, 0.1) is 0 Å². The number of hydrogen-bond donors (Lipinski definition) is 1. The van der Waals surface area contributed by atoms with Crippen molar-refractivity contribution in [2.75, 3.05) is 11.1 Å². The Bertz CT molecular complexity index is 992. The topological polar surface area (TPSA) is 59.8 Å². The number of carbonyl (C=O) groups excluding carboxylic acids is 1. The summed E-state index contributed by atoms with van der Waals surface area (Å²) in [5.74, 6) is 0.707. The largest absolute Gasteiger partial charge is 0.324 e. The molecule has 0 aliphatic carbocycles. The van der Waals surface area contributed by atoms with Gasteiger partial charge in [0.25, 0.3) is 0 Å². The number of thioether (sulfide) groups is 1. The second-order valence-corrected chi connectivity index (χ2v) is 9.25. The zero-order valence-electron chi connectivity index (χ0n) is 13.8. The van der Waals surface area contributed by atoms with E-state index in [2.05, 4.69) is 31.4 Å². The normalized spacial score (nSPS) is 11.0. The summed E-state index contributed by atoms with van der Waals surface area (Å²) in [5, 5.41) is 14.9. The molecule has 0 unspecified atom stereocenters. The van der Waals surface area contributed by atoms with Crippen LogP contribution in [0.25, 0.3) is 10.7 Å². The van der Waals surface area contributed by atoms with Gasteiger partial charge in [-0.3, -0.25) is 4.79 Å². The van der Waals surface area contributed by atoms with Gasteiger partial charge in [0, 0.05) is 16.4 Å². The van der Waals surface area contributed by atoms with Gasteiger partial charge in [0.15, 0.2) is 11.0 Å². The summed E-state index contributed by atoms with van der Waals surface area (Å²) in [6.07, 6.45) is 0. The summed E-state index contributed by atoms with van der Waals surface area (Å²) < 4.78 is 2.97. The monoisotopic (exact) mass is 524 g/mol. The fourth-order valence-corrected chi connectivity index (χ4v) is 5.04. The number of anilines is 1. The Morgan fingerprint density at radius 3 is 2.63 bits per heavy atom. The van der Waals surface area contributed by atoms with Crippen LogP contribution in [0.3, 0.4) is 0 Å². The minimum Gasteiger partial charge on any atom is -0.324 e. The SMILES string of the molecule is CCn1c(SCC(=O)Nc2cc(Cl)c(Cl)cc2Cl)nnc1-c1cc(Br)cs1. The van der Waals surface area contributed by atoms with Gasteiger partial charge < -0.3 is 9.88 Å². The number of carbonyl (C=O) groups is 1. The summed E-state index contributed by atoms with van der Waals surface area (Å²) in [7, 11) is 0. The Hall–Kier alpha value is -0.770. The van der Waals surface area contributed by atoms with Crippen molar-refractivity contribution in [3.8, 4) is 10.7 Å². The van der Waals surface area contributed by atoms with Crippen molar-refractivity contribution in [3.63, 3.8) is 0 Å². The second-order valence-electron chi connectivity index (χ2n) is 5.26. The van der Waals surface area contributed by atoms with E-state index in [9.17, 15) is 4.79 Å². The molecule has 0 aliphatic rings. The number of benzene rings is 1. The Kier molecular flexibility index (Phi) is 7.10. The molecule has 3 aromatic rings. The maximum atomic E-state index is 12.3. The Labute approximate surface area is 187 Å². The van der Waals surface area contributed by atoms with E-state index < -0.39 is 0 Å². The van der Waals surface area contributed by atoms with Gasteiger partial charge in [-0.05, 0) is 41.1 Å². The van der Waals surface area contributed by atoms with Crippen molar-refractivity contribution < 1.29 is 4.79 Å². The maximum Gasteiger partial charge on any atom is 0.234 e. The summed E-state index contributed by atoms with van der Waals surface area (Å²) >= 11 is 24.3. The van der Waals surface area contributed by atoms with Gasteiger partial charge in [-0.25, -0.2) is 0 Å². The molecule has 0 saturated carbocycles. The molecular weight excluding hydrogens is 515 g/mol. The fraction of sp³-hybridized carbons (Fsp3) is 0.188. The van der Waals surface area contributed by atoms with E-state index in [0.717, 1.165) is 15.2 Å². The van der Waals surface area contributed by atoms with Crippen LogP contribution in [-0.2, 0) is 11.3 Å². The van der Waals surface area contributed by atoms with Crippen molar-refractivity contribution in [3.05, 3.63) is 43.1 Å². The summed E-state index contributed by atoms with van der Waals surface area (Å²) in [4.78, 5) is 13.3. The van der Waals surface area contributed by atoms with Crippen molar-refractivity contribution in [2.45, 2.75) is 18.6 Å². The molecule has 0 saturated heterocycles. The number of hydrogen-bond acceptors (Lipinski definition) is 5. The third-order valence-corrected chi connectivity index (χ3v) is 7.13. The molecule has 1 amide bonds. The van der Waals surface area contributed by atoms with Crippen LogP contribution in [0.15, 0.2) is 33.2 Å². The average Bonchev–Trinajstić information content (AvgIpc) is 3.23. The Morgan fingerprint density at radius 2 is 1.96 bits per heavy atom. The van der Waals surface area contributed by atoms with Crippen LogP contribution in [0.5, 0.6) is 0 Å². The van der Waals surface area contributed by atoms with Crippen molar-refractivity contribution in [2.24, 2.45) is 0 Å². The first-order valence-corrected chi connectivity index (χ1v) is 11.4. The first-order chi connectivity index (χ1) is 12.9. The first kappa shape index (κ1) is 21.0. The zero-order chi connectivity index (χ0) is 19.6. The second kappa shape index (κ2) is 9.15. The lowest BCUT2D eigenvalue weighted by Gasteiger charge is -2.09. The number of aromatic nitrogens is 3. The summed E-state index contributed by atoms with van der Waals surface area (Å²) in [5.41, 5.74) is 0.415. The molecular formula is C16H12BrCl3N4OS2. The molecule has 11 heteroatoms. The quantitative estimate of drug-likeness (QED) is 0.295. The lowest BCUT2D eigenvalue weighted by atomic mass is 10.3. The van der Waals surface area contributed by atoms with E-state index >= 15 is 0 Å². The molecule has 2 aromatic heterocycles. The molecule has 3 rings (SSSR count). The minimum absolute atomic E-state index is 0.156. The lowest BCUT2D eigenvalue weighted by molar-refractivity contribution is -0.113. The summed E-state index contributed by atoms with van der Waals surface area (Å²) in [6, 6.07) is 5.01. The van der Waals surface area contributed by atoms with E-state index in [0.29, 0.717) is 32.5 Å². The van der Waals surface area contributed by atoms with Crippen molar-refractivity contribution in [1.82, 2.24) is 14.8 Å². The van der Waals surface area contributed by atoms with Crippen LogP contribution < -0.4 is 5.32 Å². The Morgan fingerprint density at radius 1 is 1.22 bits per heavy atom. The predicted octanol–water partition coefficient (Wildman–Crippen LogP) is 6.48. The summed E-state index contributed by atoms with van der Waals surface area (Å²) in [6.45, 7) is 2.70. The third-order valence-electron chi connectivity index (χ3n) is 3.44. The molecule has 1 N–H and O–H groups in total. The van der Waals surface area contributed by atoms with Gasteiger partial charge in [0.2, 0.25) is 5.91 Å². The number of thiophene rings is 1. The Balaban J connectivity index is 1.69. The molecule has 0 bridgehead atoms. The number of nitrogens with zero attached hydrogens (tertiary/aromatic N) is 3. The van der Waals surface area contributed by atoms with E-state index in [4.69, 9.17) is 34.8 Å². The predicted molar refractivity (Wildman–Crippen MR) is 118 cm³/mol. The smallest absolute Gasteiger partial charge is 0.234 e. The number of nitrogens with one attached hydrogen (secondary N) is 1. The van der Waals surface area contributed by atoms with E-state index in [1.807, 2.05) is 22.9 Å². The highest BCUT2D eigenvalue weighted by atomic mass is 79.9. The average molecular weight is 527 g/mol. The number of halogens is 4. The number of amides is 1. The molecule has 27 heavy (non-hydrogen) atoms. The van der Waals surface area contributed by atoms with Crippen LogP contribution in [0.4, 0.5) is 5.69 Å². The maximum absolute atomic E-state index is 12.3. The van der Waals surface area contributed by atoms with Crippen LogP contribution in [0.1, 0.15) is 6.92 Å². The van der Waals surface area contributed by atoms with E-state index in [-0.39, 0.29) is 11.7 Å². The molecule has 0 radical (unpaired) electrons. The lowest BCUT2D eigenvalue weighted by Crippen LogP contribution is -2.15. The number of rotatable bonds is 6. The van der Waals surface area contributed by atoms with Gasteiger partial charge in [-0.2, -0.15) is 0 Å². The molecule has 2 heterocycles. The van der Waals surface area contributed by atoms with Crippen LogP contribution in [-0.4, -0.2) is 26.4 Å². The standard InChI is InChI=1S/C16H12BrCl3N4OS2/c1-2-24-15(13-3-8(17)6-26-13)22-23-16(24)27-7-14(25)21-12-5-10(19)9(18)4-11(12)20/h3-6H,2,7H2,1H3,(H,21,25). The van der Waals surface area contributed by atoms with Gasteiger partial charge >= 0.3 is 0 Å². The van der Waals surface area contributed by atoms with Gasteiger partial charge in [-0.1, -0.05) is 46.6 Å². The van der Waals surface area contributed by atoms with Gasteiger partial charge in [0.1, 0.15) is 0 Å². The fourth-order valence-electron chi connectivity index (χ4n) is 2.23. The molecule has 142 valence electrons. The highest BCUT2D eigenvalue weighted by molar-refractivity contribution is 9.10. The molecule has 5 nitrogen and oxygen atoms in total. The third kappa shape index (κ3) is 4.99. The van der Waals surface area contributed by atoms with Crippen LogP contribution >= 0.6 is 73.8 Å². The van der Waals surface area contributed by atoms with E-state index in [1.54, 1.807) is 11.3 Å². The highest BCUT2D eigenvalue weighted by Gasteiger charge is 2.16. The molecule has 1 aromatic carbocycles. The van der Waals surface area contributed by atoms with Crippen molar-refractivity contribution in [1.29, 1.82) is 0 Å². The van der Waals surface area contributed by atoms with Crippen LogP contribution in [0.2, 0.25) is 15.1 Å². The molecule has 0 atom stereocenters. The van der Waals surface area contributed by atoms with Gasteiger partial charge in [0.05, 0.1) is 31.4 Å². The van der Waals surface area contributed by atoms with Gasteiger partial charge in [-0.15, -0.1) is 21.5 Å².